The third-order valence-corrected chi connectivity index (χ3v) is 7.50. The Balaban J connectivity index is 1.50. The van der Waals surface area contributed by atoms with Crippen molar-refractivity contribution in [2.24, 2.45) is 0 Å². The highest BCUT2D eigenvalue weighted by Crippen LogP contribution is 2.38. The number of amides is 2. The second kappa shape index (κ2) is 11.5. The van der Waals surface area contributed by atoms with Gasteiger partial charge in [-0.2, -0.15) is 0 Å². The fourth-order valence-electron chi connectivity index (χ4n) is 3.42. The summed E-state index contributed by atoms with van der Waals surface area (Å²) >= 11 is 6.41. The Kier molecular flexibility index (Phi) is 8.37. The smallest absolute Gasteiger partial charge is 0.335 e. The number of carboxylic acid groups (broad SMARTS) is 1. The molecule has 10 heteroatoms. The molecule has 7 nitrogen and oxygen atoms in total. The van der Waals surface area contributed by atoms with E-state index >= 15 is 0 Å². The number of rotatable bonds is 8. The van der Waals surface area contributed by atoms with Gasteiger partial charge in [-0.25, -0.2) is 4.79 Å². The molecule has 0 spiro atoms. The number of nitrogens with zero attached hydrogens (tertiary/aromatic N) is 1. The molecular formula is C26H19BrINO6S. The van der Waals surface area contributed by atoms with Crippen molar-refractivity contribution < 1.29 is 29.0 Å². The van der Waals surface area contributed by atoms with Crippen LogP contribution in [0.15, 0.2) is 70.0 Å². The van der Waals surface area contributed by atoms with Crippen LogP contribution >= 0.6 is 50.3 Å². The van der Waals surface area contributed by atoms with E-state index in [0.717, 1.165) is 30.9 Å². The molecule has 0 saturated carbocycles. The molecule has 3 aromatic rings. The number of carboxylic acids is 1. The van der Waals surface area contributed by atoms with Gasteiger partial charge in [0.2, 0.25) is 0 Å². The van der Waals surface area contributed by atoms with E-state index in [2.05, 4.69) is 38.5 Å². The van der Waals surface area contributed by atoms with Gasteiger partial charge < -0.3 is 14.6 Å². The average Bonchev–Trinajstić information content (AvgIpc) is 3.11. The molecule has 0 atom stereocenters. The molecule has 1 heterocycles. The number of benzene rings is 3. The molecule has 2 amide bonds. The van der Waals surface area contributed by atoms with E-state index in [1.165, 1.54) is 24.1 Å². The average molecular weight is 680 g/mol. The first kappa shape index (κ1) is 26.2. The van der Waals surface area contributed by atoms with Gasteiger partial charge in [0.15, 0.2) is 11.5 Å². The lowest BCUT2D eigenvalue weighted by atomic mass is 10.1. The van der Waals surface area contributed by atoms with Crippen LogP contribution in [0.2, 0.25) is 0 Å². The summed E-state index contributed by atoms with van der Waals surface area (Å²) < 4.78 is 13.2. The van der Waals surface area contributed by atoms with E-state index in [0.29, 0.717) is 22.0 Å². The molecular weight excluding hydrogens is 661 g/mol. The maximum atomic E-state index is 12.9. The maximum Gasteiger partial charge on any atom is 0.335 e. The highest BCUT2D eigenvalue weighted by Gasteiger charge is 2.35. The van der Waals surface area contributed by atoms with Gasteiger partial charge in [0, 0.05) is 4.47 Å². The van der Waals surface area contributed by atoms with Crippen LogP contribution in [0.3, 0.4) is 0 Å². The lowest BCUT2D eigenvalue weighted by Crippen LogP contribution is -2.27. The third kappa shape index (κ3) is 6.11. The monoisotopic (exact) mass is 679 g/mol. The first-order valence-electron chi connectivity index (χ1n) is 10.6. The van der Waals surface area contributed by atoms with Gasteiger partial charge in [0.05, 0.1) is 27.7 Å². The highest BCUT2D eigenvalue weighted by molar-refractivity contribution is 14.1. The zero-order valence-corrected chi connectivity index (χ0v) is 23.4. The Morgan fingerprint density at radius 3 is 2.39 bits per heavy atom. The summed E-state index contributed by atoms with van der Waals surface area (Å²) in [6.07, 6.45) is 1.67. The van der Waals surface area contributed by atoms with Crippen molar-refractivity contribution in [3.8, 4) is 11.5 Å². The number of hydrogen-bond donors (Lipinski definition) is 1. The third-order valence-electron chi connectivity index (χ3n) is 5.26. The van der Waals surface area contributed by atoms with Crippen LogP contribution in [-0.2, 0) is 17.9 Å². The van der Waals surface area contributed by atoms with Crippen LogP contribution in [0.4, 0.5) is 4.79 Å². The molecule has 184 valence electrons. The predicted octanol–water partition coefficient (Wildman–Crippen LogP) is 6.58. The van der Waals surface area contributed by atoms with Gasteiger partial charge in [-0.15, -0.1) is 0 Å². The lowest BCUT2D eigenvalue weighted by Gasteiger charge is -2.14. The first-order valence-corrected chi connectivity index (χ1v) is 13.3. The van der Waals surface area contributed by atoms with Crippen molar-refractivity contribution in [2.75, 3.05) is 7.11 Å². The van der Waals surface area contributed by atoms with Crippen molar-refractivity contribution in [2.45, 2.75) is 13.2 Å². The number of carbonyl (C=O) groups is 3. The topological polar surface area (TPSA) is 93.1 Å². The van der Waals surface area contributed by atoms with Crippen molar-refractivity contribution in [3.05, 3.63) is 95.9 Å². The summed E-state index contributed by atoms with van der Waals surface area (Å²) in [5.41, 5.74) is 2.57. The number of imide groups is 1. The van der Waals surface area contributed by atoms with Gasteiger partial charge in [-0.1, -0.05) is 40.2 Å². The van der Waals surface area contributed by atoms with Gasteiger partial charge in [-0.3, -0.25) is 14.5 Å². The van der Waals surface area contributed by atoms with Crippen molar-refractivity contribution in [3.63, 3.8) is 0 Å². The molecule has 0 radical (unpaired) electrons. The molecule has 1 N–H and O–H groups in total. The van der Waals surface area contributed by atoms with Crippen LogP contribution in [0, 0.1) is 3.57 Å². The second-order valence-corrected chi connectivity index (χ2v) is 10.8. The van der Waals surface area contributed by atoms with E-state index in [4.69, 9.17) is 14.6 Å². The highest BCUT2D eigenvalue weighted by atomic mass is 127. The van der Waals surface area contributed by atoms with Crippen molar-refractivity contribution >= 4 is 73.5 Å². The minimum atomic E-state index is -0.986. The summed E-state index contributed by atoms with van der Waals surface area (Å²) in [5, 5.41) is 8.72. The zero-order valence-electron chi connectivity index (χ0n) is 18.9. The van der Waals surface area contributed by atoms with Crippen molar-refractivity contribution in [1.82, 2.24) is 4.90 Å². The molecule has 0 aliphatic carbocycles. The minimum absolute atomic E-state index is 0.205. The molecule has 4 rings (SSSR count). The predicted molar refractivity (Wildman–Crippen MR) is 149 cm³/mol. The number of hydrogen-bond acceptors (Lipinski definition) is 6. The van der Waals surface area contributed by atoms with Gasteiger partial charge in [0.25, 0.3) is 11.1 Å². The summed E-state index contributed by atoms with van der Waals surface area (Å²) in [6.45, 7) is 0.427. The number of carbonyl (C=O) groups excluding carboxylic acids is 2. The first-order chi connectivity index (χ1) is 17.2. The molecule has 0 aromatic heterocycles. The van der Waals surface area contributed by atoms with Crippen LogP contribution in [0.1, 0.15) is 27.0 Å². The van der Waals surface area contributed by atoms with Crippen LogP contribution in [0.25, 0.3) is 6.08 Å². The molecule has 3 aromatic carbocycles. The SMILES string of the molecule is COc1cc(/C=C2\SC(=O)N(Cc3ccc(Br)cc3)C2=O)cc(I)c1OCc1ccc(C(=O)O)cc1. The van der Waals surface area contributed by atoms with E-state index < -0.39 is 5.97 Å². The van der Waals surface area contributed by atoms with Crippen LogP contribution in [-0.4, -0.2) is 34.2 Å². The Bertz CT molecular complexity index is 1360. The van der Waals surface area contributed by atoms with E-state index in [9.17, 15) is 14.4 Å². The van der Waals surface area contributed by atoms with Gasteiger partial charge >= 0.3 is 5.97 Å². The molecule has 36 heavy (non-hydrogen) atoms. The summed E-state index contributed by atoms with van der Waals surface area (Å²) in [5.74, 6) is -0.322. The maximum absolute atomic E-state index is 12.9. The second-order valence-electron chi connectivity index (χ2n) is 7.72. The lowest BCUT2D eigenvalue weighted by molar-refractivity contribution is -0.123. The number of aromatic carboxylic acids is 1. The van der Waals surface area contributed by atoms with E-state index in [1.807, 2.05) is 30.3 Å². The molecule has 1 fully saturated rings. The normalized spacial score (nSPS) is 14.4. The van der Waals surface area contributed by atoms with Gasteiger partial charge in [0.1, 0.15) is 6.61 Å². The molecule has 0 bridgehead atoms. The molecule has 0 unspecified atom stereocenters. The Morgan fingerprint density at radius 1 is 1.08 bits per heavy atom. The number of thioether (sulfide) groups is 1. The molecule has 1 aliphatic heterocycles. The summed E-state index contributed by atoms with van der Waals surface area (Å²) in [7, 11) is 1.52. The summed E-state index contributed by atoms with van der Waals surface area (Å²) in [4.78, 5) is 38.0. The standard InChI is InChI=1S/C26H19BrINO6S/c1-34-21-11-17(10-20(28)23(21)35-14-16-2-6-18(7-3-16)25(31)32)12-22-24(30)29(26(33)36-22)13-15-4-8-19(27)9-5-15/h2-12H,13-14H2,1H3,(H,31,32)/b22-12-. The largest absolute Gasteiger partial charge is 0.493 e. The minimum Gasteiger partial charge on any atom is -0.493 e. The number of ether oxygens (including phenoxy) is 2. The van der Waals surface area contributed by atoms with Crippen LogP contribution in [0.5, 0.6) is 11.5 Å². The number of halogens is 2. The number of methoxy groups -OCH3 is 1. The fourth-order valence-corrected chi connectivity index (χ4v) is 5.31. The molecule has 1 saturated heterocycles. The Labute approximate surface area is 233 Å². The zero-order chi connectivity index (χ0) is 25.8. The van der Waals surface area contributed by atoms with Gasteiger partial charge in [-0.05, 0) is 93.5 Å². The Hall–Kier alpha value is -2.83. The van der Waals surface area contributed by atoms with E-state index in [-0.39, 0.29) is 29.9 Å². The van der Waals surface area contributed by atoms with Crippen molar-refractivity contribution in [1.29, 1.82) is 0 Å². The van der Waals surface area contributed by atoms with Crippen LogP contribution < -0.4 is 9.47 Å². The summed E-state index contributed by atoms with van der Waals surface area (Å²) in [6, 6.07) is 17.5. The quantitative estimate of drug-likeness (QED) is 0.213. The Morgan fingerprint density at radius 2 is 1.75 bits per heavy atom. The fraction of sp³-hybridized carbons (Fsp3) is 0.115. The van der Waals surface area contributed by atoms with E-state index in [1.54, 1.807) is 24.3 Å². The molecule has 1 aliphatic rings.